The van der Waals surface area contributed by atoms with Crippen molar-refractivity contribution < 1.29 is 9.53 Å². The van der Waals surface area contributed by atoms with E-state index in [2.05, 4.69) is 10.3 Å². The quantitative estimate of drug-likeness (QED) is 0.516. The van der Waals surface area contributed by atoms with Crippen LogP contribution in [0.1, 0.15) is 30.2 Å². The topological polar surface area (TPSA) is 97.0 Å². The molecular formula is C25H26N4O3S. The fourth-order valence-corrected chi connectivity index (χ4v) is 4.40. The molecule has 0 bridgehead atoms. The van der Waals surface area contributed by atoms with E-state index in [0.29, 0.717) is 46.8 Å². The fourth-order valence-electron chi connectivity index (χ4n) is 3.33. The number of ether oxygens (including phenoxy) is 1. The zero-order valence-electron chi connectivity index (χ0n) is 18.9. The molecule has 0 saturated carbocycles. The van der Waals surface area contributed by atoms with Gasteiger partial charge in [-0.2, -0.15) is 5.26 Å². The number of hydrogen-bond acceptors (Lipinski definition) is 6. The summed E-state index contributed by atoms with van der Waals surface area (Å²) in [7, 11) is 0. The van der Waals surface area contributed by atoms with Crippen molar-refractivity contribution >= 4 is 28.9 Å². The van der Waals surface area contributed by atoms with E-state index in [9.17, 15) is 14.9 Å². The number of nitriles is 1. The molecule has 170 valence electrons. The Balaban J connectivity index is 2.19. The second-order valence-electron chi connectivity index (χ2n) is 7.39. The van der Waals surface area contributed by atoms with Crippen molar-refractivity contribution in [1.82, 2.24) is 14.9 Å². The summed E-state index contributed by atoms with van der Waals surface area (Å²) in [6.07, 6.45) is 3.95. The molecule has 0 aliphatic carbocycles. The molecule has 3 rings (SSSR count). The molecule has 0 fully saturated rings. The molecule has 0 radical (unpaired) electrons. The Hall–Kier alpha value is -3.54. The Kier molecular flexibility index (Phi) is 8.30. The molecule has 7 nitrogen and oxygen atoms in total. The maximum Gasteiger partial charge on any atom is 0.273 e. The number of aryl methyl sites for hydroxylation is 2. The zero-order valence-corrected chi connectivity index (χ0v) is 19.7. The third kappa shape index (κ3) is 5.83. The molecule has 0 atom stereocenters. The predicted octanol–water partition coefficient (Wildman–Crippen LogP) is 1.96. The summed E-state index contributed by atoms with van der Waals surface area (Å²) in [6.45, 7) is 7.28. The normalized spacial score (nSPS) is 12.4. The highest BCUT2D eigenvalue weighted by atomic mass is 32.1. The third-order valence-corrected chi connectivity index (χ3v) is 5.98. The van der Waals surface area contributed by atoms with Crippen molar-refractivity contribution in [3.63, 3.8) is 0 Å². The predicted molar refractivity (Wildman–Crippen MR) is 130 cm³/mol. The number of amides is 1. The van der Waals surface area contributed by atoms with Crippen LogP contribution in [0.5, 0.6) is 0 Å². The molecular weight excluding hydrogens is 436 g/mol. The molecule has 0 unspecified atom stereocenters. The lowest BCUT2D eigenvalue weighted by Crippen LogP contribution is -2.34. The van der Waals surface area contributed by atoms with Crippen LogP contribution in [0, 0.1) is 25.2 Å². The van der Waals surface area contributed by atoms with Crippen molar-refractivity contribution in [1.29, 1.82) is 5.26 Å². The first kappa shape index (κ1) is 24.1. The van der Waals surface area contributed by atoms with E-state index in [1.807, 2.05) is 51.1 Å². The van der Waals surface area contributed by atoms with Gasteiger partial charge in [0.2, 0.25) is 0 Å². The van der Waals surface area contributed by atoms with Gasteiger partial charge in [-0.25, -0.2) is 0 Å². The van der Waals surface area contributed by atoms with Gasteiger partial charge in [0.1, 0.15) is 10.7 Å². The summed E-state index contributed by atoms with van der Waals surface area (Å²) >= 11 is 1.11. The molecule has 2 aromatic heterocycles. The van der Waals surface area contributed by atoms with Gasteiger partial charge in [0.05, 0.1) is 15.9 Å². The van der Waals surface area contributed by atoms with E-state index in [1.54, 1.807) is 24.4 Å². The Morgan fingerprint density at radius 2 is 2.12 bits per heavy atom. The Morgan fingerprint density at radius 1 is 1.30 bits per heavy atom. The van der Waals surface area contributed by atoms with Crippen LogP contribution in [0.3, 0.4) is 0 Å². The summed E-state index contributed by atoms with van der Waals surface area (Å²) in [6, 6.07) is 13.1. The molecule has 0 saturated heterocycles. The lowest BCUT2D eigenvalue weighted by molar-refractivity contribution is -0.115. The summed E-state index contributed by atoms with van der Waals surface area (Å²) < 4.78 is 7.42. The molecule has 1 amide bonds. The molecule has 3 aromatic rings. The molecule has 0 aliphatic heterocycles. The minimum absolute atomic E-state index is 0.103. The number of nitrogens with one attached hydrogen (secondary N) is 1. The van der Waals surface area contributed by atoms with Crippen LogP contribution in [0.25, 0.3) is 17.3 Å². The minimum atomic E-state index is -0.516. The number of hydrogen-bond donors (Lipinski definition) is 1. The van der Waals surface area contributed by atoms with Crippen molar-refractivity contribution in [2.45, 2.75) is 27.2 Å². The van der Waals surface area contributed by atoms with Crippen molar-refractivity contribution in [3.8, 4) is 11.8 Å². The highest BCUT2D eigenvalue weighted by Crippen LogP contribution is 2.13. The van der Waals surface area contributed by atoms with Gasteiger partial charge in [0.25, 0.3) is 11.5 Å². The minimum Gasteiger partial charge on any atom is -0.382 e. The summed E-state index contributed by atoms with van der Waals surface area (Å²) in [5.74, 6) is -0.516. The molecule has 2 heterocycles. The number of aromatic nitrogens is 2. The van der Waals surface area contributed by atoms with Crippen LogP contribution < -0.4 is 20.1 Å². The van der Waals surface area contributed by atoms with E-state index >= 15 is 0 Å². The van der Waals surface area contributed by atoms with Crippen molar-refractivity contribution in [2.24, 2.45) is 0 Å². The summed E-state index contributed by atoms with van der Waals surface area (Å²) in [5, 5.41) is 12.6. The maximum absolute atomic E-state index is 13.5. The highest BCUT2D eigenvalue weighted by Gasteiger charge is 2.17. The van der Waals surface area contributed by atoms with E-state index in [-0.39, 0.29) is 11.1 Å². The van der Waals surface area contributed by atoms with Crippen LogP contribution in [-0.2, 0) is 9.53 Å². The lowest BCUT2D eigenvalue weighted by atomic mass is 10.1. The molecule has 0 spiro atoms. The van der Waals surface area contributed by atoms with Gasteiger partial charge in [-0.1, -0.05) is 23.8 Å². The van der Waals surface area contributed by atoms with Crippen LogP contribution in [-0.4, -0.2) is 35.2 Å². The second kappa shape index (κ2) is 11.4. The molecule has 1 aromatic carbocycles. The van der Waals surface area contributed by atoms with Crippen molar-refractivity contribution in [3.05, 3.63) is 79.0 Å². The SMILES string of the molecule is CCOCCCNC(=O)/C(C#N)=c1\s/c(=C\c2ccccn2)c(=O)n1-c1ccc(C)cc1C. The van der Waals surface area contributed by atoms with Crippen LogP contribution in [0.4, 0.5) is 0 Å². The molecule has 1 N–H and O–H groups in total. The number of carbonyl (C=O) groups excluding carboxylic acids is 1. The summed E-state index contributed by atoms with van der Waals surface area (Å²) in [5.41, 5.74) is 2.77. The van der Waals surface area contributed by atoms with E-state index < -0.39 is 5.91 Å². The van der Waals surface area contributed by atoms with E-state index in [0.717, 1.165) is 22.5 Å². The van der Waals surface area contributed by atoms with Gasteiger partial charge in [-0.3, -0.25) is 19.1 Å². The monoisotopic (exact) mass is 462 g/mol. The average molecular weight is 463 g/mol. The zero-order chi connectivity index (χ0) is 23.8. The number of thiazole rings is 1. The summed E-state index contributed by atoms with van der Waals surface area (Å²) in [4.78, 5) is 30.6. The van der Waals surface area contributed by atoms with Crippen LogP contribution in [0.15, 0.2) is 47.4 Å². The number of rotatable bonds is 8. The van der Waals surface area contributed by atoms with Gasteiger partial charge < -0.3 is 10.1 Å². The molecule has 8 heteroatoms. The lowest BCUT2D eigenvalue weighted by Gasteiger charge is -2.09. The Labute approximate surface area is 196 Å². The van der Waals surface area contributed by atoms with Gasteiger partial charge in [0, 0.05) is 26.0 Å². The van der Waals surface area contributed by atoms with Gasteiger partial charge in [0.15, 0.2) is 5.57 Å². The average Bonchev–Trinajstić information content (AvgIpc) is 3.10. The fraction of sp³-hybridized carbons (Fsp3) is 0.280. The first-order valence-electron chi connectivity index (χ1n) is 10.7. The van der Waals surface area contributed by atoms with Crippen LogP contribution in [0.2, 0.25) is 0 Å². The number of nitrogens with zero attached hydrogens (tertiary/aromatic N) is 3. The third-order valence-electron chi connectivity index (χ3n) is 4.89. The standard InChI is InChI=1S/C25H26N4O3S/c1-4-32-13-7-12-28-23(30)20(16-26)25-29(21-10-9-17(2)14-18(21)3)24(31)22(33-25)15-19-8-5-6-11-27-19/h5-6,8-11,14-15H,4,7,12-13H2,1-3H3,(H,28,30)/b22-15-,25-20-. The second-order valence-corrected chi connectivity index (χ2v) is 8.42. The van der Waals surface area contributed by atoms with Gasteiger partial charge in [-0.15, -0.1) is 11.3 Å². The largest absolute Gasteiger partial charge is 0.382 e. The smallest absolute Gasteiger partial charge is 0.273 e. The van der Waals surface area contributed by atoms with E-state index in [4.69, 9.17) is 4.74 Å². The Bertz CT molecular complexity index is 1350. The highest BCUT2D eigenvalue weighted by molar-refractivity contribution is 7.07. The molecule has 33 heavy (non-hydrogen) atoms. The van der Waals surface area contributed by atoms with Gasteiger partial charge >= 0.3 is 0 Å². The Morgan fingerprint density at radius 3 is 2.79 bits per heavy atom. The molecule has 0 aliphatic rings. The maximum atomic E-state index is 13.5. The first-order chi connectivity index (χ1) is 16.0. The first-order valence-corrected chi connectivity index (χ1v) is 11.5. The van der Waals surface area contributed by atoms with Crippen LogP contribution >= 0.6 is 11.3 Å². The van der Waals surface area contributed by atoms with Crippen molar-refractivity contribution in [2.75, 3.05) is 19.8 Å². The van der Waals surface area contributed by atoms with Gasteiger partial charge in [-0.05, 0) is 57.0 Å². The number of pyridine rings is 1. The number of carbonyl (C=O) groups is 1. The number of benzene rings is 1. The van der Waals surface area contributed by atoms with E-state index in [1.165, 1.54) is 4.57 Å².